The predicted molar refractivity (Wildman–Crippen MR) is 108 cm³/mol. The topological polar surface area (TPSA) is 54.2 Å². The number of aliphatic hydroxyl groups is 1. The maximum atomic E-state index is 11.9. The molecule has 2 aliphatic heterocycles. The minimum absolute atomic E-state index is 0.442. The Morgan fingerprint density at radius 3 is 2.32 bits per heavy atom. The fraction of sp³-hybridized carbons (Fsp3) is 0.409. The van der Waals surface area contributed by atoms with Gasteiger partial charge in [0.25, 0.3) is 11.6 Å². The zero-order valence-electron chi connectivity index (χ0n) is 16.6. The van der Waals surface area contributed by atoms with Crippen molar-refractivity contribution in [3.63, 3.8) is 0 Å². The highest BCUT2D eigenvalue weighted by Crippen LogP contribution is 2.40. The first-order chi connectivity index (χ1) is 13.6. The summed E-state index contributed by atoms with van der Waals surface area (Å²) in [7, 11) is 4.91. The molecule has 0 aromatic heterocycles. The predicted octanol–water partition coefficient (Wildman–Crippen LogP) is 2.97. The van der Waals surface area contributed by atoms with E-state index in [0.717, 1.165) is 48.6 Å². The molecule has 6 nitrogen and oxygen atoms in total. The molecule has 0 bridgehead atoms. The van der Waals surface area contributed by atoms with Crippen LogP contribution in [0.4, 0.5) is 5.69 Å². The summed E-state index contributed by atoms with van der Waals surface area (Å²) in [6.07, 6.45) is 3.11. The monoisotopic (exact) mass is 383 g/mol. The molecule has 2 heterocycles. The van der Waals surface area contributed by atoms with Crippen molar-refractivity contribution in [3.05, 3.63) is 48.0 Å². The fourth-order valence-electron chi connectivity index (χ4n) is 4.26. The van der Waals surface area contributed by atoms with E-state index in [1.54, 1.807) is 21.3 Å². The van der Waals surface area contributed by atoms with E-state index < -0.39 is 5.72 Å². The van der Waals surface area contributed by atoms with Gasteiger partial charge in [-0.05, 0) is 49.2 Å². The molecule has 6 heteroatoms. The Labute approximate surface area is 165 Å². The van der Waals surface area contributed by atoms with Gasteiger partial charge < -0.3 is 19.3 Å². The summed E-state index contributed by atoms with van der Waals surface area (Å²) in [6, 6.07) is 13.6. The van der Waals surface area contributed by atoms with Gasteiger partial charge in [0.1, 0.15) is 22.9 Å². The molecule has 0 aliphatic carbocycles. The molecular weight excluding hydrogens is 356 g/mol. The Bertz CT molecular complexity index is 894. The lowest BCUT2D eigenvalue weighted by Gasteiger charge is -2.26. The number of hydrogen-bond donors (Lipinski definition) is 1. The third-order valence-electron chi connectivity index (χ3n) is 5.70. The molecule has 0 spiro atoms. The largest absolute Gasteiger partial charge is 0.497 e. The van der Waals surface area contributed by atoms with E-state index in [4.69, 9.17) is 14.2 Å². The molecule has 2 aromatic carbocycles. The van der Waals surface area contributed by atoms with Crippen molar-refractivity contribution in [2.24, 2.45) is 0 Å². The first-order valence-electron chi connectivity index (χ1n) is 9.60. The lowest BCUT2D eigenvalue weighted by molar-refractivity contribution is -0.661. The third-order valence-corrected chi connectivity index (χ3v) is 5.70. The average molecular weight is 383 g/mol. The van der Waals surface area contributed by atoms with Gasteiger partial charge in [0.05, 0.1) is 33.4 Å². The van der Waals surface area contributed by atoms with Gasteiger partial charge >= 0.3 is 0 Å². The van der Waals surface area contributed by atoms with Crippen LogP contribution in [0.15, 0.2) is 42.5 Å². The number of β-amino-alcohol motifs (C(OH)–C–C–N with tert-alkyl or cyclic N) is 1. The van der Waals surface area contributed by atoms with Gasteiger partial charge in [-0.25, -0.2) is 9.48 Å². The van der Waals surface area contributed by atoms with Crippen molar-refractivity contribution >= 4 is 11.5 Å². The molecule has 0 saturated heterocycles. The van der Waals surface area contributed by atoms with E-state index in [-0.39, 0.29) is 0 Å². The van der Waals surface area contributed by atoms with Gasteiger partial charge in [-0.3, -0.25) is 0 Å². The van der Waals surface area contributed by atoms with Crippen molar-refractivity contribution in [3.8, 4) is 17.2 Å². The minimum Gasteiger partial charge on any atom is -0.497 e. The van der Waals surface area contributed by atoms with Crippen molar-refractivity contribution in [2.75, 3.05) is 39.3 Å². The van der Waals surface area contributed by atoms with E-state index in [1.165, 1.54) is 0 Å². The number of methoxy groups -OCH3 is 3. The number of rotatable bonds is 5. The van der Waals surface area contributed by atoms with E-state index in [1.807, 2.05) is 42.5 Å². The second-order valence-corrected chi connectivity index (χ2v) is 7.19. The van der Waals surface area contributed by atoms with Crippen molar-refractivity contribution in [1.82, 2.24) is 0 Å². The van der Waals surface area contributed by atoms with Crippen molar-refractivity contribution in [2.45, 2.75) is 25.0 Å². The Balaban J connectivity index is 1.78. The molecule has 0 radical (unpaired) electrons. The lowest BCUT2D eigenvalue weighted by atomic mass is 10.00. The van der Waals surface area contributed by atoms with Crippen LogP contribution >= 0.6 is 0 Å². The van der Waals surface area contributed by atoms with E-state index >= 15 is 0 Å². The first kappa shape index (κ1) is 18.6. The minimum atomic E-state index is -1.16. The summed E-state index contributed by atoms with van der Waals surface area (Å²) >= 11 is 0. The molecule has 1 N–H and O–H groups in total. The van der Waals surface area contributed by atoms with Crippen molar-refractivity contribution < 1.29 is 23.9 Å². The van der Waals surface area contributed by atoms with Gasteiger partial charge in [-0.15, -0.1) is 0 Å². The number of nitrogens with zero attached hydrogens (tertiary/aromatic N) is 2. The van der Waals surface area contributed by atoms with Crippen LogP contribution in [0.1, 0.15) is 24.8 Å². The molecule has 1 atom stereocenters. The number of benzene rings is 2. The number of ether oxygens (including phenoxy) is 3. The highest BCUT2D eigenvalue weighted by Gasteiger charge is 2.53. The molecule has 28 heavy (non-hydrogen) atoms. The summed E-state index contributed by atoms with van der Waals surface area (Å²) in [5.74, 6) is 3.30. The zero-order chi connectivity index (χ0) is 19.7. The second-order valence-electron chi connectivity index (χ2n) is 7.19. The summed E-state index contributed by atoms with van der Waals surface area (Å²) in [6.45, 7) is 1.25. The quantitative estimate of drug-likeness (QED) is 0.805. The van der Waals surface area contributed by atoms with Gasteiger partial charge in [0, 0.05) is 12.5 Å². The molecule has 2 aromatic rings. The smallest absolute Gasteiger partial charge is 0.274 e. The molecule has 148 valence electrons. The van der Waals surface area contributed by atoms with Crippen LogP contribution in [0.2, 0.25) is 0 Å². The maximum Gasteiger partial charge on any atom is 0.274 e. The Morgan fingerprint density at radius 1 is 0.929 bits per heavy atom. The summed E-state index contributed by atoms with van der Waals surface area (Å²) in [4.78, 5) is 2.21. The number of hydrogen-bond acceptors (Lipinski definition) is 5. The van der Waals surface area contributed by atoms with Gasteiger partial charge in [-0.1, -0.05) is 0 Å². The van der Waals surface area contributed by atoms with Crippen LogP contribution in [0.3, 0.4) is 0 Å². The summed E-state index contributed by atoms with van der Waals surface area (Å²) in [5, 5.41) is 11.9. The summed E-state index contributed by atoms with van der Waals surface area (Å²) in [5.41, 5.74) is 0.644. The van der Waals surface area contributed by atoms with Gasteiger partial charge in [-0.2, -0.15) is 0 Å². The Kier molecular flexibility index (Phi) is 4.89. The van der Waals surface area contributed by atoms with Crippen molar-refractivity contribution in [1.29, 1.82) is 0 Å². The van der Waals surface area contributed by atoms with E-state index in [0.29, 0.717) is 18.0 Å². The molecule has 0 saturated carbocycles. The van der Waals surface area contributed by atoms with Gasteiger partial charge in [0.15, 0.2) is 6.54 Å². The third kappa shape index (κ3) is 2.98. The molecule has 0 amide bonds. The molecular formula is C22H27N2O4+. The fourth-order valence-corrected chi connectivity index (χ4v) is 4.26. The number of anilines is 1. The molecule has 2 aliphatic rings. The second kappa shape index (κ2) is 7.36. The first-order valence-corrected chi connectivity index (χ1v) is 9.60. The van der Waals surface area contributed by atoms with Crippen LogP contribution in [0.5, 0.6) is 17.2 Å². The molecule has 1 unspecified atom stereocenters. The Morgan fingerprint density at radius 2 is 1.64 bits per heavy atom. The van der Waals surface area contributed by atoms with Crippen LogP contribution in [0, 0.1) is 0 Å². The van der Waals surface area contributed by atoms with Crippen LogP contribution in [0.25, 0.3) is 0 Å². The molecule has 0 fully saturated rings. The van der Waals surface area contributed by atoms with E-state index in [9.17, 15) is 5.11 Å². The van der Waals surface area contributed by atoms with Crippen LogP contribution in [-0.4, -0.2) is 49.9 Å². The van der Waals surface area contributed by atoms with E-state index in [2.05, 4.69) is 9.48 Å². The normalized spacial score (nSPS) is 21.5. The number of amidine groups is 1. The summed E-state index contributed by atoms with van der Waals surface area (Å²) < 4.78 is 18.3. The SMILES string of the molecule is COc1ccc(N2CC(O)(c3ccc(OC)cc3OC)[N+]3=C2CCCC3)cc1. The lowest BCUT2D eigenvalue weighted by Crippen LogP contribution is -2.41. The highest BCUT2D eigenvalue weighted by atomic mass is 16.5. The van der Waals surface area contributed by atoms with Gasteiger partial charge in [0.2, 0.25) is 0 Å². The molecule has 4 rings (SSSR count). The van der Waals surface area contributed by atoms with Crippen LogP contribution < -0.4 is 19.1 Å². The van der Waals surface area contributed by atoms with Crippen LogP contribution in [-0.2, 0) is 5.72 Å². The average Bonchev–Trinajstić information content (AvgIpc) is 3.07. The maximum absolute atomic E-state index is 11.9. The Hall–Kier alpha value is -2.73. The highest BCUT2D eigenvalue weighted by molar-refractivity contribution is 5.96. The standard InChI is InChI=1S/C22H27N2O4/c1-26-17-9-7-16(8-10-17)23-15-22(25,24-13-5-4-6-21(23)24)19-12-11-18(27-2)14-20(19)28-3/h7-12,14,25H,4-6,13,15H2,1-3H3/q+1. The zero-order valence-corrected chi connectivity index (χ0v) is 16.6.